The second kappa shape index (κ2) is 4.45. The van der Waals surface area contributed by atoms with E-state index in [1.807, 2.05) is 13.8 Å². The molecule has 0 saturated carbocycles. The molecule has 6 heteroatoms. The van der Waals surface area contributed by atoms with Crippen LogP contribution in [0.4, 0.5) is 11.5 Å². The van der Waals surface area contributed by atoms with E-state index >= 15 is 0 Å². The van der Waals surface area contributed by atoms with Crippen molar-refractivity contribution in [2.75, 3.05) is 17.7 Å². The number of hydrogen-bond acceptors (Lipinski definition) is 5. The molecular weight excluding hydrogens is 234 g/mol. The van der Waals surface area contributed by atoms with Crippen molar-refractivity contribution in [3.8, 4) is 0 Å². The molecule has 1 aliphatic rings. The Bertz CT molecular complexity index is 478. The second-order valence-corrected chi connectivity index (χ2v) is 4.77. The van der Waals surface area contributed by atoms with E-state index in [-0.39, 0.29) is 17.2 Å². The van der Waals surface area contributed by atoms with Crippen molar-refractivity contribution in [3.05, 3.63) is 17.8 Å². The zero-order valence-corrected chi connectivity index (χ0v) is 10.4. The average molecular weight is 251 g/mol. The summed E-state index contributed by atoms with van der Waals surface area (Å²) in [6.07, 6.45) is 2.21. The smallest absolute Gasteiger partial charge is 0.337 e. The van der Waals surface area contributed by atoms with E-state index in [2.05, 4.69) is 10.3 Å². The third-order valence-electron chi connectivity index (χ3n) is 3.45. The summed E-state index contributed by atoms with van der Waals surface area (Å²) in [5, 5.41) is 12.1. The molecule has 18 heavy (non-hydrogen) atoms. The van der Waals surface area contributed by atoms with Gasteiger partial charge in [-0.2, -0.15) is 0 Å². The molecule has 0 bridgehead atoms. The number of hydrogen-bond donors (Lipinski definition) is 3. The fourth-order valence-corrected chi connectivity index (χ4v) is 1.97. The van der Waals surface area contributed by atoms with Gasteiger partial charge in [-0.05, 0) is 26.3 Å². The number of ether oxygens (including phenoxy) is 1. The summed E-state index contributed by atoms with van der Waals surface area (Å²) in [4.78, 5) is 14.9. The molecule has 1 aliphatic heterocycles. The number of carbonyl (C=O) groups is 1. The van der Waals surface area contributed by atoms with Crippen LogP contribution in [0.1, 0.15) is 30.6 Å². The quantitative estimate of drug-likeness (QED) is 0.750. The summed E-state index contributed by atoms with van der Waals surface area (Å²) in [7, 11) is 0. The number of carboxylic acids is 1. The number of aromatic carboxylic acids is 1. The van der Waals surface area contributed by atoms with Crippen LogP contribution in [0.3, 0.4) is 0 Å². The highest BCUT2D eigenvalue weighted by Gasteiger charge is 2.37. The lowest BCUT2D eigenvalue weighted by Crippen LogP contribution is -2.41. The highest BCUT2D eigenvalue weighted by molar-refractivity contribution is 5.89. The number of anilines is 2. The number of nitrogens with one attached hydrogen (secondary N) is 1. The van der Waals surface area contributed by atoms with Gasteiger partial charge in [0, 0.05) is 12.8 Å². The van der Waals surface area contributed by atoms with Gasteiger partial charge in [0.25, 0.3) is 0 Å². The Morgan fingerprint density at radius 2 is 2.44 bits per heavy atom. The number of nitrogen functional groups attached to an aromatic ring is 1. The summed E-state index contributed by atoms with van der Waals surface area (Å²) in [5.74, 6) is -0.538. The van der Waals surface area contributed by atoms with Gasteiger partial charge >= 0.3 is 5.97 Å². The average Bonchev–Trinajstić information content (AvgIpc) is 2.62. The third kappa shape index (κ3) is 2.24. The summed E-state index contributed by atoms with van der Waals surface area (Å²) in [6.45, 7) is 4.72. The van der Waals surface area contributed by atoms with Crippen LogP contribution >= 0.6 is 0 Å². The SMILES string of the molecule is CC1OCCC1(C)Nc1ncc(C(=O)O)cc1N. The van der Waals surface area contributed by atoms with Gasteiger partial charge in [-0.15, -0.1) is 0 Å². The Morgan fingerprint density at radius 1 is 1.72 bits per heavy atom. The van der Waals surface area contributed by atoms with Crippen LogP contribution in [0.15, 0.2) is 12.3 Å². The Balaban J connectivity index is 2.22. The van der Waals surface area contributed by atoms with Gasteiger partial charge in [-0.25, -0.2) is 9.78 Å². The van der Waals surface area contributed by atoms with Crippen LogP contribution in [0.2, 0.25) is 0 Å². The molecule has 6 nitrogen and oxygen atoms in total. The van der Waals surface area contributed by atoms with Crippen molar-refractivity contribution >= 4 is 17.5 Å². The predicted octanol–water partition coefficient (Wildman–Crippen LogP) is 1.34. The molecular formula is C12H17N3O3. The first-order chi connectivity index (χ1) is 8.42. The first-order valence-corrected chi connectivity index (χ1v) is 5.81. The predicted molar refractivity (Wildman–Crippen MR) is 67.7 cm³/mol. The fourth-order valence-electron chi connectivity index (χ4n) is 1.97. The van der Waals surface area contributed by atoms with E-state index in [9.17, 15) is 4.79 Å². The number of rotatable bonds is 3. The van der Waals surface area contributed by atoms with Crippen molar-refractivity contribution in [2.45, 2.75) is 31.9 Å². The molecule has 1 aromatic heterocycles. The Morgan fingerprint density at radius 3 is 2.94 bits per heavy atom. The fraction of sp³-hybridized carbons (Fsp3) is 0.500. The molecule has 2 rings (SSSR count). The molecule has 0 spiro atoms. The molecule has 2 heterocycles. The molecule has 2 atom stereocenters. The van der Waals surface area contributed by atoms with Gasteiger partial charge in [-0.3, -0.25) is 0 Å². The maximum Gasteiger partial charge on any atom is 0.337 e. The molecule has 1 saturated heterocycles. The first kappa shape index (κ1) is 12.6. The van der Waals surface area contributed by atoms with Crippen molar-refractivity contribution < 1.29 is 14.6 Å². The van der Waals surface area contributed by atoms with Crippen molar-refractivity contribution in [1.82, 2.24) is 4.98 Å². The molecule has 1 aromatic rings. The molecule has 2 unspecified atom stereocenters. The maximum absolute atomic E-state index is 10.8. The normalized spacial score (nSPS) is 27.1. The largest absolute Gasteiger partial charge is 0.478 e. The van der Waals surface area contributed by atoms with Gasteiger partial charge in [0.1, 0.15) is 5.82 Å². The Labute approximate surface area is 105 Å². The molecule has 4 N–H and O–H groups in total. The van der Waals surface area contributed by atoms with Crippen LogP contribution in [-0.4, -0.2) is 34.3 Å². The summed E-state index contributed by atoms with van der Waals surface area (Å²) in [6, 6.07) is 1.40. The van der Waals surface area contributed by atoms with Crippen LogP contribution in [0, 0.1) is 0 Å². The Kier molecular flexibility index (Phi) is 3.13. The molecule has 0 radical (unpaired) electrons. The van der Waals surface area contributed by atoms with Crippen molar-refractivity contribution in [1.29, 1.82) is 0 Å². The highest BCUT2D eigenvalue weighted by atomic mass is 16.5. The van der Waals surface area contributed by atoms with Gasteiger partial charge in [0.05, 0.1) is 22.9 Å². The molecule has 0 aliphatic carbocycles. The van der Waals surface area contributed by atoms with E-state index in [1.54, 1.807) is 0 Å². The van der Waals surface area contributed by atoms with Gasteiger partial charge < -0.3 is 20.9 Å². The van der Waals surface area contributed by atoms with Gasteiger partial charge in [-0.1, -0.05) is 0 Å². The minimum Gasteiger partial charge on any atom is -0.478 e. The summed E-state index contributed by atoms with van der Waals surface area (Å²) >= 11 is 0. The van der Waals surface area contributed by atoms with Gasteiger partial charge in [0.2, 0.25) is 0 Å². The van der Waals surface area contributed by atoms with E-state index in [0.717, 1.165) is 6.42 Å². The zero-order valence-electron chi connectivity index (χ0n) is 10.4. The number of aromatic nitrogens is 1. The minimum absolute atomic E-state index is 0.0536. The second-order valence-electron chi connectivity index (χ2n) is 4.77. The zero-order chi connectivity index (χ0) is 13.3. The van der Waals surface area contributed by atoms with Crippen LogP contribution in [-0.2, 0) is 4.74 Å². The lowest BCUT2D eigenvalue weighted by molar-refractivity contribution is 0.0696. The van der Waals surface area contributed by atoms with E-state index in [1.165, 1.54) is 12.3 Å². The maximum atomic E-state index is 10.8. The van der Waals surface area contributed by atoms with E-state index in [0.29, 0.717) is 18.1 Å². The summed E-state index contributed by atoms with van der Waals surface area (Å²) < 4.78 is 5.52. The monoisotopic (exact) mass is 251 g/mol. The molecule has 0 amide bonds. The minimum atomic E-state index is -1.04. The molecule has 98 valence electrons. The van der Waals surface area contributed by atoms with E-state index in [4.69, 9.17) is 15.6 Å². The van der Waals surface area contributed by atoms with Crippen LogP contribution in [0.25, 0.3) is 0 Å². The molecule has 0 aromatic carbocycles. The van der Waals surface area contributed by atoms with Crippen LogP contribution in [0.5, 0.6) is 0 Å². The standard InChI is InChI=1S/C12H17N3O3/c1-7-12(2,3-4-18-7)15-10-9(13)5-8(6-14-10)11(16)17/h5-7H,3-4,13H2,1-2H3,(H,14,15)(H,16,17). The number of nitrogens with zero attached hydrogens (tertiary/aromatic N) is 1. The highest BCUT2D eigenvalue weighted by Crippen LogP contribution is 2.30. The van der Waals surface area contributed by atoms with E-state index < -0.39 is 5.97 Å². The van der Waals surface area contributed by atoms with Crippen LogP contribution < -0.4 is 11.1 Å². The van der Waals surface area contributed by atoms with Gasteiger partial charge in [0.15, 0.2) is 0 Å². The number of pyridine rings is 1. The number of nitrogens with two attached hydrogens (primary N) is 1. The Hall–Kier alpha value is -1.82. The number of carboxylic acid groups (broad SMARTS) is 1. The lowest BCUT2D eigenvalue weighted by atomic mass is 9.94. The first-order valence-electron chi connectivity index (χ1n) is 5.81. The third-order valence-corrected chi connectivity index (χ3v) is 3.45. The molecule has 1 fully saturated rings. The summed E-state index contributed by atoms with van der Waals surface area (Å²) in [5.41, 5.74) is 5.99. The topological polar surface area (TPSA) is 97.5 Å². The lowest BCUT2D eigenvalue weighted by Gasteiger charge is -2.30. The van der Waals surface area contributed by atoms with Crippen molar-refractivity contribution in [3.63, 3.8) is 0 Å². The van der Waals surface area contributed by atoms with Crippen molar-refractivity contribution in [2.24, 2.45) is 0 Å².